The Morgan fingerprint density at radius 2 is 1.82 bits per heavy atom. The van der Waals surface area contributed by atoms with Crippen LogP contribution >= 0.6 is 35.0 Å². The van der Waals surface area contributed by atoms with Gasteiger partial charge < -0.3 is 10.2 Å². The minimum atomic E-state index is -0.533. The molecule has 178 valence electrons. The van der Waals surface area contributed by atoms with Gasteiger partial charge in [-0.2, -0.15) is 0 Å². The fourth-order valence-electron chi connectivity index (χ4n) is 4.15. The zero-order valence-electron chi connectivity index (χ0n) is 19.3. The molecule has 1 N–H and O–H groups in total. The van der Waals surface area contributed by atoms with Gasteiger partial charge in [0, 0.05) is 39.7 Å². The molecule has 2 aromatic rings. The van der Waals surface area contributed by atoms with Gasteiger partial charge in [0.2, 0.25) is 11.8 Å². The Labute approximate surface area is 211 Å². The van der Waals surface area contributed by atoms with Crippen molar-refractivity contribution in [1.29, 1.82) is 0 Å². The number of nitrogens with zero attached hydrogens (tertiary/aromatic N) is 1. The van der Waals surface area contributed by atoms with Crippen LogP contribution in [-0.2, 0) is 16.1 Å². The summed E-state index contributed by atoms with van der Waals surface area (Å²) in [6.45, 7) is 4.28. The van der Waals surface area contributed by atoms with Gasteiger partial charge in [-0.1, -0.05) is 66.7 Å². The lowest BCUT2D eigenvalue weighted by atomic mass is 10.1. The number of carbonyl (C=O) groups excluding carboxylic acids is 2. The van der Waals surface area contributed by atoms with Crippen LogP contribution in [-0.4, -0.2) is 34.6 Å². The fourth-order valence-corrected chi connectivity index (χ4v) is 5.46. The molecule has 1 fully saturated rings. The van der Waals surface area contributed by atoms with Gasteiger partial charge in [-0.3, -0.25) is 9.59 Å². The van der Waals surface area contributed by atoms with Gasteiger partial charge in [-0.15, -0.1) is 11.8 Å². The van der Waals surface area contributed by atoms with Crippen LogP contribution in [0.2, 0.25) is 10.0 Å². The van der Waals surface area contributed by atoms with E-state index in [2.05, 4.69) is 36.5 Å². The number of hydrogen-bond acceptors (Lipinski definition) is 3. The first-order chi connectivity index (χ1) is 15.9. The Hall–Kier alpha value is -1.69. The van der Waals surface area contributed by atoms with Crippen molar-refractivity contribution in [3.8, 4) is 0 Å². The highest BCUT2D eigenvalue weighted by Crippen LogP contribution is 2.26. The summed E-state index contributed by atoms with van der Waals surface area (Å²) in [5, 5.41) is 4.21. The average Bonchev–Trinajstić information content (AvgIpc) is 3.29. The topological polar surface area (TPSA) is 49.4 Å². The molecule has 0 heterocycles. The van der Waals surface area contributed by atoms with E-state index < -0.39 is 6.04 Å². The summed E-state index contributed by atoms with van der Waals surface area (Å²) >= 11 is 14.1. The minimum absolute atomic E-state index is 0.0472. The summed E-state index contributed by atoms with van der Waals surface area (Å²) in [7, 11) is 0. The van der Waals surface area contributed by atoms with E-state index in [1.54, 1.807) is 28.8 Å². The third kappa shape index (κ3) is 7.66. The minimum Gasteiger partial charge on any atom is -0.352 e. The number of thioether (sulfide) groups is 1. The lowest BCUT2D eigenvalue weighted by Crippen LogP contribution is -2.51. The van der Waals surface area contributed by atoms with Gasteiger partial charge in [0.1, 0.15) is 6.04 Å². The number of halogens is 2. The number of nitrogens with one attached hydrogen (secondary N) is 1. The van der Waals surface area contributed by atoms with E-state index in [1.165, 1.54) is 5.56 Å². The molecule has 0 spiro atoms. The molecule has 2 aromatic carbocycles. The third-order valence-corrected chi connectivity index (χ3v) is 7.65. The second-order valence-corrected chi connectivity index (χ2v) is 10.6. The van der Waals surface area contributed by atoms with Crippen LogP contribution in [0.25, 0.3) is 0 Å². The van der Waals surface area contributed by atoms with Crippen LogP contribution in [0.15, 0.2) is 47.4 Å². The van der Waals surface area contributed by atoms with Crippen LogP contribution in [0.4, 0.5) is 0 Å². The molecule has 33 heavy (non-hydrogen) atoms. The molecule has 1 atom stereocenters. The van der Waals surface area contributed by atoms with Gasteiger partial charge in [0.05, 0.1) is 0 Å². The van der Waals surface area contributed by atoms with Crippen molar-refractivity contribution >= 4 is 46.8 Å². The predicted molar refractivity (Wildman–Crippen MR) is 138 cm³/mol. The number of carbonyl (C=O) groups is 2. The molecule has 0 bridgehead atoms. The summed E-state index contributed by atoms with van der Waals surface area (Å²) in [6.07, 6.45) is 5.18. The molecule has 1 aliphatic carbocycles. The van der Waals surface area contributed by atoms with Crippen molar-refractivity contribution in [3.05, 3.63) is 63.6 Å². The third-order valence-electron chi connectivity index (χ3n) is 6.05. The number of rotatable bonds is 10. The molecule has 1 unspecified atom stereocenters. The molecule has 4 nitrogen and oxygen atoms in total. The molecule has 0 aromatic heterocycles. The number of hydrogen-bond donors (Lipinski definition) is 1. The van der Waals surface area contributed by atoms with Crippen LogP contribution < -0.4 is 5.32 Å². The SMILES string of the molecule is CCC(C(=O)NC1CCCC1)N(Cc1ccc(Cl)cc1Cl)C(=O)CCSc1ccc(C)cc1. The second-order valence-electron chi connectivity index (χ2n) is 8.58. The smallest absolute Gasteiger partial charge is 0.243 e. The monoisotopic (exact) mass is 506 g/mol. The maximum atomic E-state index is 13.4. The highest BCUT2D eigenvalue weighted by molar-refractivity contribution is 7.99. The van der Waals surface area contributed by atoms with E-state index in [4.69, 9.17) is 23.2 Å². The van der Waals surface area contributed by atoms with Crippen molar-refractivity contribution in [3.63, 3.8) is 0 Å². The lowest BCUT2D eigenvalue weighted by molar-refractivity contribution is -0.141. The van der Waals surface area contributed by atoms with Crippen LogP contribution in [0, 0.1) is 6.92 Å². The summed E-state index contributed by atoms with van der Waals surface area (Å²) in [4.78, 5) is 29.4. The second kappa shape index (κ2) is 12.7. The Kier molecular flexibility index (Phi) is 9.96. The van der Waals surface area contributed by atoms with Gasteiger partial charge in [0.25, 0.3) is 0 Å². The van der Waals surface area contributed by atoms with Gasteiger partial charge in [-0.25, -0.2) is 0 Å². The zero-order chi connectivity index (χ0) is 23.8. The number of amides is 2. The van der Waals surface area contributed by atoms with Crippen LogP contribution in [0.5, 0.6) is 0 Å². The van der Waals surface area contributed by atoms with E-state index in [0.29, 0.717) is 28.6 Å². The molecule has 0 saturated heterocycles. The van der Waals surface area contributed by atoms with Crippen LogP contribution in [0.1, 0.15) is 56.6 Å². The van der Waals surface area contributed by atoms with Crippen molar-refractivity contribution in [1.82, 2.24) is 10.2 Å². The molecule has 7 heteroatoms. The molecule has 1 saturated carbocycles. The largest absolute Gasteiger partial charge is 0.352 e. The van der Waals surface area contributed by atoms with E-state index in [0.717, 1.165) is 36.1 Å². The Morgan fingerprint density at radius 3 is 2.45 bits per heavy atom. The van der Waals surface area contributed by atoms with Crippen LogP contribution in [0.3, 0.4) is 0 Å². The first kappa shape index (κ1) is 25.9. The summed E-state index contributed by atoms with van der Waals surface area (Å²) in [5.74, 6) is 0.524. The maximum absolute atomic E-state index is 13.4. The normalized spacial score (nSPS) is 14.8. The Morgan fingerprint density at radius 1 is 1.12 bits per heavy atom. The molecule has 1 aliphatic rings. The van der Waals surface area contributed by atoms with Gasteiger partial charge >= 0.3 is 0 Å². The quantitative estimate of drug-likeness (QED) is 0.367. The predicted octanol–water partition coefficient (Wildman–Crippen LogP) is 6.65. The molecular weight excluding hydrogens is 475 g/mol. The van der Waals surface area contributed by atoms with Crippen molar-refractivity contribution in [2.45, 2.75) is 75.9 Å². The van der Waals surface area contributed by atoms with Crippen molar-refractivity contribution < 1.29 is 9.59 Å². The number of benzene rings is 2. The van der Waals surface area contributed by atoms with E-state index >= 15 is 0 Å². The standard InChI is InChI=1S/C26H32Cl2N2O2S/c1-3-24(26(32)29-21-6-4-5-7-21)30(17-19-10-11-20(27)16-23(19)28)25(31)14-15-33-22-12-8-18(2)9-13-22/h8-13,16,21,24H,3-7,14-15,17H2,1-2H3,(H,29,32). The fraction of sp³-hybridized carbons (Fsp3) is 0.462. The molecule has 0 radical (unpaired) electrons. The lowest BCUT2D eigenvalue weighted by Gasteiger charge is -2.32. The molecule has 3 rings (SSSR count). The summed E-state index contributed by atoms with van der Waals surface area (Å²) < 4.78 is 0. The van der Waals surface area contributed by atoms with Crippen molar-refractivity contribution in [2.24, 2.45) is 0 Å². The highest BCUT2D eigenvalue weighted by atomic mass is 35.5. The van der Waals surface area contributed by atoms with Crippen molar-refractivity contribution in [2.75, 3.05) is 5.75 Å². The highest BCUT2D eigenvalue weighted by Gasteiger charge is 2.30. The van der Waals surface area contributed by atoms with E-state index in [1.807, 2.05) is 13.0 Å². The first-order valence-corrected chi connectivity index (χ1v) is 13.3. The maximum Gasteiger partial charge on any atom is 0.243 e. The van der Waals surface area contributed by atoms with Gasteiger partial charge in [0.15, 0.2) is 0 Å². The van der Waals surface area contributed by atoms with Gasteiger partial charge in [-0.05, 0) is 56.0 Å². The van der Waals surface area contributed by atoms with E-state index in [-0.39, 0.29) is 24.4 Å². The first-order valence-electron chi connectivity index (χ1n) is 11.6. The Balaban J connectivity index is 1.72. The zero-order valence-corrected chi connectivity index (χ0v) is 21.6. The van der Waals surface area contributed by atoms with E-state index in [9.17, 15) is 9.59 Å². The molecular formula is C26H32Cl2N2O2S. The summed E-state index contributed by atoms with van der Waals surface area (Å²) in [5.41, 5.74) is 1.99. The Bertz CT molecular complexity index is 946. The average molecular weight is 508 g/mol. The molecule has 0 aliphatic heterocycles. The number of aryl methyl sites for hydroxylation is 1. The molecule has 2 amide bonds. The summed E-state index contributed by atoms with van der Waals surface area (Å²) in [6, 6.07) is 13.2.